The largest absolute Gasteiger partial charge is 0.307 e. The van der Waals surface area contributed by atoms with Crippen molar-refractivity contribution in [2.75, 3.05) is 0 Å². The number of nitrogens with one attached hydrogen (secondary N) is 1. The summed E-state index contributed by atoms with van der Waals surface area (Å²) in [6, 6.07) is 7.53. The van der Waals surface area contributed by atoms with Crippen LogP contribution < -0.4 is 10.9 Å². The third kappa shape index (κ3) is 3.32. The van der Waals surface area contributed by atoms with Gasteiger partial charge in [0.2, 0.25) is 0 Å². The fourth-order valence-electron chi connectivity index (χ4n) is 2.51. The lowest BCUT2D eigenvalue weighted by atomic mass is 10.1. The van der Waals surface area contributed by atoms with Gasteiger partial charge < -0.3 is 5.32 Å². The molecule has 0 saturated carbocycles. The topological polar surface area (TPSA) is 64.2 Å². The van der Waals surface area contributed by atoms with E-state index in [0.29, 0.717) is 12.2 Å². The van der Waals surface area contributed by atoms with E-state index in [0.717, 1.165) is 11.3 Å². The Hall–Kier alpha value is -2.47. The van der Waals surface area contributed by atoms with Crippen LogP contribution in [0.25, 0.3) is 5.65 Å². The van der Waals surface area contributed by atoms with Gasteiger partial charge in [0.1, 0.15) is 5.65 Å². The molecule has 6 heteroatoms. The second-order valence-electron chi connectivity index (χ2n) is 5.92. The highest BCUT2D eigenvalue weighted by molar-refractivity contribution is 5.37. The Labute approximate surface area is 134 Å². The lowest BCUT2D eigenvalue weighted by Crippen LogP contribution is -2.34. The van der Waals surface area contributed by atoms with Crippen molar-refractivity contribution >= 4 is 5.65 Å². The van der Waals surface area contributed by atoms with Crippen molar-refractivity contribution in [1.82, 2.24) is 24.5 Å². The fourth-order valence-corrected chi connectivity index (χ4v) is 2.51. The molecule has 3 aromatic heterocycles. The summed E-state index contributed by atoms with van der Waals surface area (Å²) >= 11 is 0. The summed E-state index contributed by atoms with van der Waals surface area (Å²) in [6.07, 6.45) is 5.62. The average molecular weight is 311 g/mol. The van der Waals surface area contributed by atoms with Gasteiger partial charge in [-0.3, -0.25) is 13.9 Å². The van der Waals surface area contributed by atoms with Gasteiger partial charge in [0, 0.05) is 31.0 Å². The Kier molecular flexibility index (Phi) is 4.25. The van der Waals surface area contributed by atoms with Gasteiger partial charge in [-0.25, -0.2) is 4.98 Å². The zero-order chi connectivity index (χ0) is 16.4. The second-order valence-corrected chi connectivity index (χ2v) is 5.92. The van der Waals surface area contributed by atoms with Crippen molar-refractivity contribution in [3.63, 3.8) is 0 Å². The van der Waals surface area contributed by atoms with Crippen LogP contribution in [0.1, 0.15) is 31.1 Å². The maximum absolute atomic E-state index is 12.1. The Bertz CT molecular complexity index is 867. The molecule has 2 atom stereocenters. The summed E-state index contributed by atoms with van der Waals surface area (Å²) in [5, 5.41) is 7.78. The van der Waals surface area contributed by atoms with Crippen LogP contribution in [-0.2, 0) is 6.54 Å². The molecule has 0 spiro atoms. The molecule has 0 aromatic carbocycles. The number of rotatable bonds is 5. The zero-order valence-electron chi connectivity index (χ0n) is 13.6. The number of hydrogen-bond acceptors (Lipinski definition) is 4. The van der Waals surface area contributed by atoms with Crippen molar-refractivity contribution in [2.45, 2.75) is 39.4 Å². The summed E-state index contributed by atoms with van der Waals surface area (Å²) in [5.41, 5.74) is 2.50. The molecule has 0 unspecified atom stereocenters. The smallest absolute Gasteiger partial charge is 0.258 e. The number of hydrogen-bond donors (Lipinski definition) is 1. The summed E-state index contributed by atoms with van der Waals surface area (Å²) in [4.78, 5) is 16.6. The Morgan fingerprint density at radius 2 is 2.13 bits per heavy atom. The predicted molar refractivity (Wildman–Crippen MR) is 89.4 cm³/mol. The maximum Gasteiger partial charge on any atom is 0.258 e. The highest BCUT2D eigenvalue weighted by Crippen LogP contribution is 2.11. The van der Waals surface area contributed by atoms with Crippen LogP contribution in [0.15, 0.2) is 47.7 Å². The minimum Gasteiger partial charge on any atom is -0.307 e. The van der Waals surface area contributed by atoms with Crippen molar-refractivity contribution in [2.24, 2.45) is 0 Å². The fraction of sp³-hybridized carbons (Fsp3) is 0.353. The molecule has 120 valence electrons. The van der Waals surface area contributed by atoms with Crippen molar-refractivity contribution in [1.29, 1.82) is 0 Å². The highest BCUT2D eigenvalue weighted by atomic mass is 16.1. The first-order valence-electron chi connectivity index (χ1n) is 7.76. The number of aromatic nitrogens is 4. The molecule has 0 aliphatic rings. The van der Waals surface area contributed by atoms with Crippen LogP contribution in [0.3, 0.4) is 0 Å². The number of fused-ring (bicyclic) bond motifs is 1. The minimum atomic E-state index is -0.0594. The number of aryl methyl sites for hydroxylation is 1. The predicted octanol–water partition coefficient (Wildman–Crippen LogP) is 1.94. The van der Waals surface area contributed by atoms with Crippen LogP contribution in [-0.4, -0.2) is 25.2 Å². The third-order valence-electron chi connectivity index (χ3n) is 4.10. The van der Waals surface area contributed by atoms with E-state index in [1.165, 1.54) is 0 Å². The van der Waals surface area contributed by atoms with Gasteiger partial charge in [0.05, 0.1) is 17.9 Å². The first-order valence-corrected chi connectivity index (χ1v) is 7.76. The molecule has 0 bridgehead atoms. The van der Waals surface area contributed by atoms with E-state index in [1.54, 1.807) is 16.7 Å². The molecule has 0 radical (unpaired) electrons. The number of nitrogens with zero attached hydrogens (tertiary/aromatic N) is 4. The summed E-state index contributed by atoms with van der Waals surface area (Å²) in [5.74, 6) is 0. The zero-order valence-corrected chi connectivity index (χ0v) is 13.6. The maximum atomic E-state index is 12.1. The first kappa shape index (κ1) is 15.4. The van der Waals surface area contributed by atoms with Crippen molar-refractivity contribution in [3.8, 4) is 0 Å². The molecule has 1 N–H and O–H groups in total. The van der Waals surface area contributed by atoms with Crippen LogP contribution >= 0.6 is 0 Å². The first-order chi connectivity index (χ1) is 11.0. The molecular formula is C17H21N5O. The quantitative estimate of drug-likeness (QED) is 0.782. The Morgan fingerprint density at radius 1 is 1.30 bits per heavy atom. The van der Waals surface area contributed by atoms with Crippen LogP contribution in [0.4, 0.5) is 0 Å². The standard InChI is InChI=1S/C17H21N5O/c1-12-9-19-22(11-12)14(3)13(2)18-10-15-8-17(23)21-7-5-4-6-16(21)20-15/h4-9,11,13-14,18H,10H2,1-3H3/t13-,14-/m0/s1. The summed E-state index contributed by atoms with van der Waals surface area (Å²) in [7, 11) is 0. The van der Waals surface area contributed by atoms with Crippen LogP contribution in [0.5, 0.6) is 0 Å². The summed E-state index contributed by atoms with van der Waals surface area (Å²) in [6.45, 7) is 6.80. The molecule has 3 heterocycles. The van der Waals surface area contributed by atoms with Crippen molar-refractivity contribution in [3.05, 3.63) is 64.5 Å². The van der Waals surface area contributed by atoms with Gasteiger partial charge in [-0.2, -0.15) is 5.10 Å². The Balaban J connectivity index is 1.71. The normalized spacial score (nSPS) is 14.0. The Morgan fingerprint density at radius 3 is 2.87 bits per heavy atom. The van der Waals surface area contributed by atoms with E-state index in [9.17, 15) is 4.79 Å². The van der Waals surface area contributed by atoms with Gasteiger partial charge >= 0.3 is 0 Å². The van der Waals surface area contributed by atoms with Gasteiger partial charge in [0.25, 0.3) is 5.56 Å². The SMILES string of the molecule is Cc1cnn([C@@H](C)[C@H](C)NCc2cc(=O)n3ccccc3n2)c1. The monoisotopic (exact) mass is 311 g/mol. The molecule has 3 aromatic rings. The molecule has 3 rings (SSSR count). The molecule has 23 heavy (non-hydrogen) atoms. The van der Waals surface area contributed by atoms with Crippen LogP contribution in [0.2, 0.25) is 0 Å². The van der Waals surface area contributed by atoms with E-state index < -0.39 is 0 Å². The molecule has 0 saturated heterocycles. The van der Waals surface area contributed by atoms with E-state index in [-0.39, 0.29) is 17.6 Å². The number of pyridine rings is 1. The van der Waals surface area contributed by atoms with E-state index in [4.69, 9.17) is 0 Å². The van der Waals surface area contributed by atoms with Crippen molar-refractivity contribution < 1.29 is 0 Å². The lowest BCUT2D eigenvalue weighted by molar-refractivity contribution is 0.363. The van der Waals surface area contributed by atoms with Crippen LogP contribution in [0, 0.1) is 6.92 Å². The molecule has 0 fully saturated rings. The molecule has 0 aliphatic carbocycles. The summed E-state index contributed by atoms with van der Waals surface area (Å²) < 4.78 is 3.50. The van der Waals surface area contributed by atoms with Gasteiger partial charge in [0.15, 0.2) is 0 Å². The molecule has 0 aliphatic heterocycles. The lowest BCUT2D eigenvalue weighted by Gasteiger charge is -2.21. The minimum absolute atomic E-state index is 0.0594. The van der Waals surface area contributed by atoms with E-state index in [2.05, 4.69) is 29.2 Å². The van der Waals surface area contributed by atoms with E-state index in [1.807, 2.05) is 42.2 Å². The molecule has 0 amide bonds. The third-order valence-corrected chi connectivity index (χ3v) is 4.10. The average Bonchev–Trinajstić information content (AvgIpc) is 2.98. The van der Waals surface area contributed by atoms with Gasteiger partial charge in [-0.1, -0.05) is 6.07 Å². The van der Waals surface area contributed by atoms with E-state index >= 15 is 0 Å². The van der Waals surface area contributed by atoms with Gasteiger partial charge in [-0.05, 0) is 38.5 Å². The highest BCUT2D eigenvalue weighted by Gasteiger charge is 2.14. The molecular weight excluding hydrogens is 290 g/mol. The molecule has 6 nitrogen and oxygen atoms in total. The second kappa shape index (κ2) is 6.34. The van der Waals surface area contributed by atoms with Gasteiger partial charge in [-0.15, -0.1) is 0 Å².